The van der Waals surface area contributed by atoms with Gasteiger partial charge in [-0.25, -0.2) is 0 Å². The number of primary amides is 1. The largest absolute Gasteiger partial charge is 0.435 e. The molecule has 1 amide bonds. The van der Waals surface area contributed by atoms with Crippen LogP contribution in [0.4, 0.5) is 19.0 Å². The number of hydrogen-bond acceptors (Lipinski definition) is 4. The van der Waals surface area contributed by atoms with Crippen molar-refractivity contribution in [1.82, 2.24) is 10.2 Å². The van der Waals surface area contributed by atoms with Crippen LogP contribution in [0.3, 0.4) is 0 Å². The zero-order valence-electron chi connectivity index (χ0n) is 10.6. The van der Waals surface area contributed by atoms with E-state index in [2.05, 4.69) is 15.5 Å². The van der Waals surface area contributed by atoms with Crippen molar-refractivity contribution in [3.63, 3.8) is 0 Å². The molecule has 1 aromatic heterocycles. The molecule has 0 aliphatic carbocycles. The Morgan fingerprint density at radius 3 is 2.24 bits per heavy atom. The number of anilines is 1. The number of alkyl halides is 3. The second-order valence-electron chi connectivity index (χ2n) is 4.19. The number of carbonyl (C=O) groups is 1. The summed E-state index contributed by atoms with van der Waals surface area (Å²) in [7, 11) is 0. The van der Waals surface area contributed by atoms with Gasteiger partial charge in [0.05, 0.1) is 0 Å². The van der Waals surface area contributed by atoms with E-state index in [1.807, 2.05) is 0 Å². The summed E-state index contributed by atoms with van der Waals surface area (Å²) >= 11 is 0. The van der Waals surface area contributed by atoms with Gasteiger partial charge in [0.25, 0.3) is 0 Å². The van der Waals surface area contributed by atoms with Crippen molar-refractivity contribution in [3.8, 4) is 0 Å². The van der Waals surface area contributed by atoms with Gasteiger partial charge in [0.2, 0.25) is 5.91 Å². The zero-order valence-corrected chi connectivity index (χ0v) is 10.6. The van der Waals surface area contributed by atoms with Gasteiger partial charge in [-0.1, -0.05) is 30.3 Å². The minimum atomic E-state index is -4.56. The van der Waals surface area contributed by atoms with Crippen LogP contribution in [0, 0.1) is 0 Å². The standard InChI is InChI=1S/C13H11F3N4O/c14-13(15,16)9-6-7-10(20-19-9)18-11(12(17)21)8-4-2-1-3-5-8/h1-7,11H,(H2,17,21)(H,18,20). The third-order valence-electron chi connectivity index (χ3n) is 2.66. The first-order valence-electron chi connectivity index (χ1n) is 5.89. The van der Waals surface area contributed by atoms with Crippen LogP contribution in [0.2, 0.25) is 0 Å². The van der Waals surface area contributed by atoms with E-state index in [0.717, 1.165) is 12.1 Å². The minimum absolute atomic E-state index is 0.0238. The quantitative estimate of drug-likeness (QED) is 0.905. The molecule has 2 rings (SSSR count). The van der Waals surface area contributed by atoms with Gasteiger partial charge >= 0.3 is 6.18 Å². The van der Waals surface area contributed by atoms with Crippen LogP contribution in [-0.2, 0) is 11.0 Å². The molecular formula is C13H11F3N4O. The molecule has 0 spiro atoms. The number of carbonyl (C=O) groups excluding carboxylic acids is 1. The predicted molar refractivity (Wildman–Crippen MR) is 69.0 cm³/mol. The molecule has 5 nitrogen and oxygen atoms in total. The number of amides is 1. The van der Waals surface area contributed by atoms with Crippen LogP contribution in [-0.4, -0.2) is 16.1 Å². The second-order valence-corrected chi connectivity index (χ2v) is 4.19. The van der Waals surface area contributed by atoms with Crippen LogP contribution < -0.4 is 11.1 Å². The van der Waals surface area contributed by atoms with E-state index in [-0.39, 0.29) is 5.82 Å². The van der Waals surface area contributed by atoms with Gasteiger partial charge in [-0.05, 0) is 17.7 Å². The van der Waals surface area contributed by atoms with Crippen LogP contribution in [0.5, 0.6) is 0 Å². The molecule has 0 radical (unpaired) electrons. The highest BCUT2D eigenvalue weighted by Crippen LogP contribution is 2.27. The molecule has 1 aromatic carbocycles. The third-order valence-corrected chi connectivity index (χ3v) is 2.66. The first-order valence-corrected chi connectivity index (χ1v) is 5.89. The van der Waals surface area contributed by atoms with Crippen LogP contribution in [0.25, 0.3) is 0 Å². The summed E-state index contributed by atoms with van der Waals surface area (Å²) in [6.07, 6.45) is -4.56. The lowest BCUT2D eigenvalue weighted by Gasteiger charge is -2.16. The maximum absolute atomic E-state index is 12.4. The highest BCUT2D eigenvalue weighted by molar-refractivity contribution is 5.84. The molecule has 2 aromatic rings. The van der Waals surface area contributed by atoms with Crippen LogP contribution in [0.1, 0.15) is 17.3 Å². The fourth-order valence-corrected chi connectivity index (χ4v) is 1.67. The predicted octanol–water partition coefficient (Wildman–Crippen LogP) is 2.13. The van der Waals surface area contributed by atoms with Crippen molar-refractivity contribution in [2.24, 2.45) is 5.73 Å². The summed E-state index contributed by atoms with van der Waals surface area (Å²) in [5.74, 6) is -0.654. The summed E-state index contributed by atoms with van der Waals surface area (Å²) in [5, 5.41) is 9.13. The second kappa shape index (κ2) is 5.78. The number of hydrogen-bond donors (Lipinski definition) is 2. The first kappa shape index (κ1) is 14.8. The molecule has 8 heteroatoms. The van der Waals surface area contributed by atoms with Gasteiger partial charge in [-0.2, -0.15) is 13.2 Å². The minimum Gasteiger partial charge on any atom is -0.368 e. The summed E-state index contributed by atoms with van der Waals surface area (Å²) in [5.41, 5.74) is 4.75. The number of nitrogens with zero attached hydrogens (tertiary/aromatic N) is 2. The molecule has 0 saturated heterocycles. The topological polar surface area (TPSA) is 80.9 Å². The summed E-state index contributed by atoms with van der Waals surface area (Å²) < 4.78 is 37.1. The third kappa shape index (κ3) is 3.68. The van der Waals surface area contributed by atoms with Crippen molar-refractivity contribution in [1.29, 1.82) is 0 Å². The number of nitrogens with one attached hydrogen (secondary N) is 1. The van der Waals surface area contributed by atoms with Crippen LogP contribution in [0.15, 0.2) is 42.5 Å². The molecule has 3 N–H and O–H groups in total. The average Bonchev–Trinajstić information content (AvgIpc) is 2.45. The molecule has 21 heavy (non-hydrogen) atoms. The molecular weight excluding hydrogens is 285 g/mol. The van der Waals surface area contributed by atoms with E-state index >= 15 is 0 Å². The number of benzene rings is 1. The lowest BCUT2D eigenvalue weighted by molar-refractivity contribution is -0.141. The Labute approximate surface area is 118 Å². The number of aromatic nitrogens is 2. The maximum Gasteiger partial charge on any atom is 0.435 e. The average molecular weight is 296 g/mol. The Kier molecular flexibility index (Phi) is 4.06. The number of rotatable bonds is 4. The molecule has 0 bridgehead atoms. The fourth-order valence-electron chi connectivity index (χ4n) is 1.67. The monoisotopic (exact) mass is 296 g/mol. The van der Waals surface area contributed by atoms with Crippen molar-refractivity contribution in [2.75, 3.05) is 5.32 Å². The van der Waals surface area contributed by atoms with Crippen molar-refractivity contribution < 1.29 is 18.0 Å². The smallest absolute Gasteiger partial charge is 0.368 e. The van der Waals surface area contributed by atoms with Crippen molar-refractivity contribution in [2.45, 2.75) is 12.2 Å². The summed E-state index contributed by atoms with van der Waals surface area (Å²) in [6, 6.07) is 9.49. The fraction of sp³-hybridized carbons (Fsp3) is 0.154. The Bertz CT molecular complexity index is 614. The summed E-state index contributed by atoms with van der Waals surface area (Å²) in [6.45, 7) is 0. The molecule has 110 valence electrons. The molecule has 0 aliphatic rings. The highest BCUT2D eigenvalue weighted by atomic mass is 19.4. The van der Waals surface area contributed by atoms with Crippen molar-refractivity contribution in [3.05, 3.63) is 53.7 Å². The molecule has 1 unspecified atom stereocenters. The van der Waals surface area contributed by atoms with Gasteiger partial charge < -0.3 is 11.1 Å². The van der Waals surface area contributed by atoms with E-state index in [0.29, 0.717) is 5.56 Å². The Balaban J connectivity index is 2.20. The maximum atomic E-state index is 12.4. The normalized spacial score (nSPS) is 12.7. The van der Waals surface area contributed by atoms with Gasteiger partial charge in [0.1, 0.15) is 11.9 Å². The van der Waals surface area contributed by atoms with E-state index in [9.17, 15) is 18.0 Å². The summed E-state index contributed by atoms with van der Waals surface area (Å²) in [4.78, 5) is 11.5. The Morgan fingerprint density at radius 2 is 1.76 bits per heavy atom. The first-order chi connectivity index (χ1) is 9.88. The van der Waals surface area contributed by atoms with Crippen molar-refractivity contribution >= 4 is 11.7 Å². The number of halogens is 3. The van der Waals surface area contributed by atoms with E-state index in [4.69, 9.17) is 5.73 Å². The van der Waals surface area contributed by atoms with E-state index in [1.54, 1.807) is 30.3 Å². The lowest BCUT2D eigenvalue weighted by atomic mass is 10.1. The highest BCUT2D eigenvalue weighted by Gasteiger charge is 2.33. The number of nitrogens with two attached hydrogens (primary N) is 1. The molecule has 0 saturated carbocycles. The van der Waals surface area contributed by atoms with E-state index < -0.39 is 23.8 Å². The van der Waals surface area contributed by atoms with Gasteiger partial charge in [-0.3, -0.25) is 4.79 Å². The molecule has 1 atom stereocenters. The Morgan fingerprint density at radius 1 is 1.10 bits per heavy atom. The Hall–Kier alpha value is -2.64. The van der Waals surface area contributed by atoms with Crippen LogP contribution >= 0.6 is 0 Å². The van der Waals surface area contributed by atoms with Gasteiger partial charge in [-0.15, -0.1) is 10.2 Å². The zero-order chi connectivity index (χ0) is 15.5. The SMILES string of the molecule is NC(=O)C(Nc1ccc(C(F)(F)F)nn1)c1ccccc1. The molecule has 0 aliphatic heterocycles. The van der Waals surface area contributed by atoms with Gasteiger partial charge in [0, 0.05) is 0 Å². The lowest BCUT2D eigenvalue weighted by Crippen LogP contribution is -2.28. The van der Waals surface area contributed by atoms with E-state index in [1.165, 1.54) is 0 Å². The van der Waals surface area contributed by atoms with Gasteiger partial charge in [0.15, 0.2) is 5.69 Å². The molecule has 0 fully saturated rings. The molecule has 1 heterocycles.